The van der Waals surface area contributed by atoms with Crippen molar-refractivity contribution >= 4 is 5.97 Å². The maximum atomic E-state index is 9.45. The average molecular weight is 87.1 g/mol. The van der Waals surface area contributed by atoms with E-state index in [1.807, 2.05) is 0 Å². The fourth-order valence-electron chi connectivity index (χ4n) is 0. The summed E-state index contributed by atoms with van der Waals surface area (Å²) in [5.41, 5.74) is 4.61. The Morgan fingerprint density at radius 2 is 2.17 bits per heavy atom. The summed E-state index contributed by atoms with van der Waals surface area (Å²) in [6.07, 6.45) is 0. The van der Waals surface area contributed by atoms with Crippen LogP contribution in [0.25, 0.3) is 0 Å². The fraction of sp³-hybridized carbons (Fsp3) is 0.333. The molecule has 1 atom stereocenters. The quantitative estimate of drug-likeness (QED) is 0.436. The number of hydrogen-bond acceptors (Lipinski definition) is 2. The van der Waals surface area contributed by atoms with Gasteiger partial charge in [0.1, 0.15) is 6.04 Å². The molecule has 34 valence electrons. The van der Waals surface area contributed by atoms with Crippen LogP contribution in [0, 0.1) is 6.92 Å². The minimum atomic E-state index is -1.23. The highest BCUT2D eigenvalue weighted by atomic mass is 16.4. The molecule has 0 heterocycles. The molecular formula is C3H5NO2. The molecule has 0 bridgehead atoms. The molecule has 3 heteroatoms. The molecule has 0 aliphatic rings. The minimum Gasteiger partial charge on any atom is -0.480 e. The molecule has 6 heavy (non-hydrogen) atoms. The second kappa shape index (κ2) is 1.77. The third kappa shape index (κ3) is 1.72. The molecule has 0 fully saturated rings. The molecule has 3 nitrogen and oxygen atoms in total. The van der Waals surface area contributed by atoms with Crippen molar-refractivity contribution in [2.45, 2.75) is 6.04 Å². The largest absolute Gasteiger partial charge is 0.480 e. The van der Waals surface area contributed by atoms with Crippen molar-refractivity contribution in [1.29, 1.82) is 0 Å². The van der Waals surface area contributed by atoms with Crippen molar-refractivity contribution < 1.29 is 9.90 Å². The molecule has 0 aliphatic carbocycles. The van der Waals surface area contributed by atoms with Crippen LogP contribution in [0.3, 0.4) is 0 Å². The van der Waals surface area contributed by atoms with Gasteiger partial charge in [0.05, 0.1) is 0 Å². The Kier molecular flexibility index (Phi) is 1.60. The van der Waals surface area contributed by atoms with Gasteiger partial charge >= 0.3 is 5.97 Å². The number of nitrogens with two attached hydrogens (primary N) is 1. The lowest BCUT2D eigenvalue weighted by Gasteiger charge is -1.89. The number of carboxylic acids is 1. The van der Waals surface area contributed by atoms with E-state index >= 15 is 0 Å². The average Bonchev–Trinajstić information content (AvgIpc) is 1.36. The highest BCUT2D eigenvalue weighted by Gasteiger charge is 2.00. The van der Waals surface area contributed by atoms with E-state index in [0.29, 0.717) is 0 Å². The fourth-order valence-corrected chi connectivity index (χ4v) is 0. The van der Waals surface area contributed by atoms with E-state index in [0.717, 1.165) is 0 Å². The molecule has 1 unspecified atom stereocenters. The van der Waals surface area contributed by atoms with Crippen LogP contribution in [0.5, 0.6) is 0 Å². The Morgan fingerprint density at radius 3 is 2.17 bits per heavy atom. The van der Waals surface area contributed by atoms with E-state index in [2.05, 4.69) is 12.7 Å². The smallest absolute Gasteiger partial charge is 0.320 e. The van der Waals surface area contributed by atoms with Crippen molar-refractivity contribution in [2.24, 2.45) is 5.73 Å². The number of rotatable bonds is 1. The SMILES string of the molecule is [CH]C(N)C(=O)O. The second-order valence-electron chi connectivity index (χ2n) is 0.864. The highest BCUT2D eigenvalue weighted by molar-refractivity contribution is 5.73. The lowest BCUT2D eigenvalue weighted by Crippen LogP contribution is -2.25. The molecule has 0 aromatic carbocycles. The summed E-state index contributed by atoms with van der Waals surface area (Å²) in [5.74, 6) is -1.19. The van der Waals surface area contributed by atoms with E-state index in [9.17, 15) is 4.79 Å². The monoisotopic (exact) mass is 87.0 g/mol. The van der Waals surface area contributed by atoms with Gasteiger partial charge in [0.15, 0.2) is 0 Å². The Morgan fingerprint density at radius 1 is 2.00 bits per heavy atom. The zero-order valence-corrected chi connectivity index (χ0v) is 3.09. The van der Waals surface area contributed by atoms with Gasteiger partial charge < -0.3 is 10.8 Å². The zero-order valence-electron chi connectivity index (χ0n) is 3.09. The Balaban J connectivity index is 3.26. The summed E-state index contributed by atoms with van der Waals surface area (Å²) in [5, 5.41) is 7.74. The van der Waals surface area contributed by atoms with Crippen LogP contribution in [0.4, 0.5) is 0 Å². The predicted molar refractivity (Wildman–Crippen MR) is 19.9 cm³/mol. The standard InChI is InChI=1S/C3H5NO2/c1-2(4)3(5)6/h1-2H,4H2,(H,5,6). The zero-order chi connectivity index (χ0) is 5.15. The van der Waals surface area contributed by atoms with Gasteiger partial charge in [-0.25, -0.2) is 0 Å². The molecule has 0 aliphatic heterocycles. The minimum absolute atomic E-state index is 1.19. The van der Waals surface area contributed by atoms with Gasteiger partial charge in [0, 0.05) is 0 Å². The van der Waals surface area contributed by atoms with Gasteiger partial charge in [0.2, 0.25) is 0 Å². The molecule has 0 amide bonds. The van der Waals surface area contributed by atoms with Gasteiger partial charge in [-0.05, 0) is 6.92 Å². The van der Waals surface area contributed by atoms with Crippen molar-refractivity contribution in [3.63, 3.8) is 0 Å². The molecule has 0 saturated heterocycles. The van der Waals surface area contributed by atoms with Crippen LogP contribution in [-0.2, 0) is 4.79 Å². The van der Waals surface area contributed by atoms with Crippen LogP contribution in [0.2, 0.25) is 0 Å². The molecule has 0 aromatic rings. The summed E-state index contributed by atoms with van der Waals surface area (Å²) in [6, 6.07) is -1.23. The normalized spacial score (nSPS) is 13.7. The lowest BCUT2D eigenvalue weighted by atomic mass is 10.4. The molecular weight excluding hydrogens is 82.0 g/mol. The van der Waals surface area contributed by atoms with Crippen LogP contribution in [-0.4, -0.2) is 17.1 Å². The van der Waals surface area contributed by atoms with Crippen LogP contribution < -0.4 is 5.73 Å². The third-order valence-electron chi connectivity index (χ3n) is 0.285. The molecule has 0 aromatic heterocycles. The van der Waals surface area contributed by atoms with Gasteiger partial charge in [-0.1, -0.05) is 0 Å². The van der Waals surface area contributed by atoms with E-state index in [1.54, 1.807) is 0 Å². The van der Waals surface area contributed by atoms with Gasteiger partial charge in [0.25, 0.3) is 0 Å². The first-order valence-electron chi connectivity index (χ1n) is 1.38. The number of aliphatic carboxylic acids is 1. The maximum Gasteiger partial charge on any atom is 0.320 e. The first-order valence-corrected chi connectivity index (χ1v) is 1.38. The number of carboxylic acid groups (broad SMARTS) is 1. The lowest BCUT2D eigenvalue weighted by molar-refractivity contribution is -0.137. The summed E-state index contributed by atoms with van der Waals surface area (Å²) >= 11 is 0. The van der Waals surface area contributed by atoms with Crippen LogP contribution >= 0.6 is 0 Å². The second-order valence-corrected chi connectivity index (χ2v) is 0.864. The van der Waals surface area contributed by atoms with Crippen LogP contribution in [0.1, 0.15) is 0 Å². The Labute approximate surface area is 35.8 Å². The molecule has 0 saturated carbocycles. The Bertz CT molecular complexity index is 59.8. The van der Waals surface area contributed by atoms with Crippen LogP contribution in [0.15, 0.2) is 0 Å². The van der Waals surface area contributed by atoms with E-state index in [1.165, 1.54) is 0 Å². The van der Waals surface area contributed by atoms with Crippen molar-refractivity contribution in [1.82, 2.24) is 0 Å². The summed E-state index contributed by atoms with van der Waals surface area (Å²) in [4.78, 5) is 9.45. The summed E-state index contributed by atoms with van der Waals surface area (Å²) in [7, 11) is 0. The first kappa shape index (κ1) is 5.43. The first-order chi connectivity index (χ1) is 2.64. The van der Waals surface area contributed by atoms with Crippen molar-refractivity contribution in [3.05, 3.63) is 6.92 Å². The van der Waals surface area contributed by atoms with Crippen molar-refractivity contribution in [3.8, 4) is 0 Å². The summed E-state index contributed by atoms with van der Waals surface area (Å²) in [6.45, 7) is 4.61. The van der Waals surface area contributed by atoms with Gasteiger partial charge in [-0.15, -0.1) is 0 Å². The van der Waals surface area contributed by atoms with Gasteiger partial charge in [-0.2, -0.15) is 0 Å². The van der Waals surface area contributed by atoms with Gasteiger partial charge in [-0.3, -0.25) is 4.79 Å². The molecule has 2 radical (unpaired) electrons. The summed E-state index contributed by atoms with van der Waals surface area (Å²) < 4.78 is 0. The van der Waals surface area contributed by atoms with Crippen molar-refractivity contribution in [2.75, 3.05) is 0 Å². The molecule has 0 rings (SSSR count). The predicted octanol–water partition coefficient (Wildman–Crippen LogP) is -0.891. The molecule has 0 spiro atoms. The van der Waals surface area contributed by atoms with E-state index in [4.69, 9.17) is 5.11 Å². The van der Waals surface area contributed by atoms with E-state index in [-0.39, 0.29) is 0 Å². The highest BCUT2D eigenvalue weighted by Crippen LogP contribution is 1.67. The number of carbonyl (C=O) groups is 1. The maximum absolute atomic E-state index is 9.45. The Hall–Kier alpha value is -0.570. The third-order valence-corrected chi connectivity index (χ3v) is 0.285. The number of hydrogen-bond donors (Lipinski definition) is 2. The topological polar surface area (TPSA) is 63.3 Å². The molecule has 3 N–H and O–H groups in total. The van der Waals surface area contributed by atoms with E-state index < -0.39 is 12.0 Å².